The third-order valence-corrected chi connectivity index (χ3v) is 6.87. The van der Waals surface area contributed by atoms with Crippen LogP contribution in [0, 0.1) is 5.82 Å². The van der Waals surface area contributed by atoms with E-state index in [9.17, 15) is 9.18 Å². The van der Waals surface area contributed by atoms with Crippen LogP contribution in [0.3, 0.4) is 0 Å². The molecule has 9 nitrogen and oxygen atoms in total. The van der Waals surface area contributed by atoms with Gasteiger partial charge >= 0.3 is 0 Å². The minimum Gasteiger partial charge on any atom is -0.381 e. The molecule has 188 valence electrons. The second kappa shape index (κ2) is 9.29. The summed E-state index contributed by atoms with van der Waals surface area (Å²) in [5.74, 6) is -0.329. The van der Waals surface area contributed by atoms with Crippen molar-refractivity contribution >= 4 is 28.4 Å². The summed E-state index contributed by atoms with van der Waals surface area (Å²) in [6, 6.07) is 13.6. The van der Waals surface area contributed by atoms with E-state index in [1.165, 1.54) is 18.5 Å². The monoisotopic (exact) mass is 499 g/mol. The molecule has 1 saturated heterocycles. The number of nitrogens with zero attached hydrogens (tertiary/aromatic N) is 6. The quantitative estimate of drug-likeness (QED) is 0.379. The summed E-state index contributed by atoms with van der Waals surface area (Å²) in [7, 11) is 1.95. The van der Waals surface area contributed by atoms with Crippen LogP contribution in [-0.4, -0.2) is 50.3 Å². The Bertz CT molecular complexity index is 1610. The molecule has 5 aromatic rings. The van der Waals surface area contributed by atoms with Gasteiger partial charge in [0, 0.05) is 56.1 Å². The first-order valence-electron chi connectivity index (χ1n) is 12.2. The predicted octanol–water partition coefficient (Wildman–Crippen LogP) is 3.97. The lowest BCUT2D eigenvalue weighted by atomic mass is 10.1. The van der Waals surface area contributed by atoms with E-state index in [0.29, 0.717) is 48.0 Å². The first-order chi connectivity index (χ1) is 18.0. The lowest BCUT2D eigenvalue weighted by Gasteiger charge is -2.24. The zero-order valence-corrected chi connectivity index (χ0v) is 20.3. The van der Waals surface area contributed by atoms with Gasteiger partial charge in [-0.15, -0.1) is 0 Å². The molecule has 5 heterocycles. The molecule has 1 aromatic carbocycles. The normalized spacial score (nSPS) is 14.4. The maximum atomic E-state index is 14.4. The van der Waals surface area contributed by atoms with Crippen molar-refractivity contribution in [1.82, 2.24) is 24.1 Å². The summed E-state index contributed by atoms with van der Waals surface area (Å²) >= 11 is 0. The number of primary amides is 1. The number of anilines is 1. The molecule has 37 heavy (non-hydrogen) atoms. The Morgan fingerprint density at radius 2 is 1.95 bits per heavy atom. The summed E-state index contributed by atoms with van der Waals surface area (Å²) in [6.45, 7) is 1.93. The standard InChI is InChI=1S/C27H26FN7O2/c1-33(15-17-5-3-2-4-6-17)24-12-23(32-27-21(25(29)36)14-31-35(24)27)22-16-34(19-7-9-37-10-8-19)26-20(22)11-18(28)13-30-26/h2-6,11-14,16,19H,7-10,15H2,1H3,(H2,29,36). The molecule has 0 spiro atoms. The van der Waals surface area contributed by atoms with Crippen LogP contribution in [0.1, 0.15) is 34.8 Å². The van der Waals surface area contributed by atoms with Crippen LogP contribution in [0.15, 0.2) is 61.1 Å². The summed E-state index contributed by atoms with van der Waals surface area (Å²) < 4.78 is 23.7. The number of amides is 1. The molecule has 1 amide bonds. The number of benzene rings is 1. The van der Waals surface area contributed by atoms with E-state index >= 15 is 0 Å². The average Bonchev–Trinajstić information content (AvgIpc) is 3.51. The van der Waals surface area contributed by atoms with Gasteiger partial charge in [0.05, 0.1) is 18.1 Å². The molecule has 0 unspecified atom stereocenters. The van der Waals surface area contributed by atoms with Crippen molar-refractivity contribution in [1.29, 1.82) is 0 Å². The molecule has 1 fully saturated rings. The number of carbonyl (C=O) groups excluding carboxylic acids is 1. The molecule has 1 aliphatic rings. The molecule has 0 radical (unpaired) electrons. The lowest BCUT2D eigenvalue weighted by Crippen LogP contribution is -2.20. The molecular formula is C27H26FN7O2. The van der Waals surface area contributed by atoms with Crippen molar-refractivity contribution in [2.24, 2.45) is 5.73 Å². The van der Waals surface area contributed by atoms with Crippen LogP contribution in [0.2, 0.25) is 0 Å². The molecule has 0 saturated carbocycles. The van der Waals surface area contributed by atoms with Crippen LogP contribution >= 0.6 is 0 Å². The van der Waals surface area contributed by atoms with Crippen molar-refractivity contribution in [3.05, 3.63) is 78.0 Å². The highest BCUT2D eigenvalue weighted by Crippen LogP contribution is 2.35. The largest absolute Gasteiger partial charge is 0.381 e. The van der Waals surface area contributed by atoms with Gasteiger partial charge in [0.1, 0.15) is 22.8 Å². The van der Waals surface area contributed by atoms with E-state index in [2.05, 4.69) is 14.6 Å². The van der Waals surface area contributed by atoms with Crippen LogP contribution < -0.4 is 10.6 Å². The Labute approximate surface area is 212 Å². The Hall–Kier alpha value is -4.31. The molecular weight excluding hydrogens is 473 g/mol. The Balaban J connectivity index is 1.55. The van der Waals surface area contributed by atoms with Gasteiger partial charge < -0.3 is 19.9 Å². The van der Waals surface area contributed by atoms with E-state index < -0.39 is 11.7 Å². The second-order valence-electron chi connectivity index (χ2n) is 9.32. The molecule has 6 rings (SSSR count). The van der Waals surface area contributed by atoms with Gasteiger partial charge in [-0.2, -0.15) is 9.61 Å². The van der Waals surface area contributed by atoms with Crippen molar-refractivity contribution in [2.45, 2.75) is 25.4 Å². The average molecular weight is 500 g/mol. The summed E-state index contributed by atoms with van der Waals surface area (Å²) in [6.07, 6.45) is 6.33. The Kier molecular flexibility index (Phi) is 5.80. The summed E-state index contributed by atoms with van der Waals surface area (Å²) in [5, 5.41) is 5.07. The molecule has 1 aliphatic heterocycles. The van der Waals surface area contributed by atoms with Crippen molar-refractivity contribution in [3.63, 3.8) is 0 Å². The van der Waals surface area contributed by atoms with Crippen molar-refractivity contribution < 1.29 is 13.9 Å². The minimum absolute atomic E-state index is 0.183. The highest BCUT2D eigenvalue weighted by atomic mass is 19.1. The smallest absolute Gasteiger partial charge is 0.254 e. The number of nitrogens with two attached hydrogens (primary N) is 1. The van der Waals surface area contributed by atoms with Gasteiger partial charge in [0.2, 0.25) is 0 Å². The topological polar surface area (TPSA) is 104 Å². The number of pyridine rings is 1. The lowest BCUT2D eigenvalue weighted by molar-refractivity contribution is 0.0706. The maximum Gasteiger partial charge on any atom is 0.254 e. The first kappa shape index (κ1) is 23.1. The van der Waals surface area contributed by atoms with Crippen molar-refractivity contribution in [2.75, 3.05) is 25.2 Å². The highest BCUT2D eigenvalue weighted by molar-refractivity contribution is 6.00. The van der Waals surface area contributed by atoms with E-state index in [-0.39, 0.29) is 11.6 Å². The van der Waals surface area contributed by atoms with E-state index in [1.807, 2.05) is 54.5 Å². The van der Waals surface area contributed by atoms with E-state index in [1.54, 1.807) is 4.52 Å². The SMILES string of the molecule is CN(Cc1ccccc1)c1cc(-c2cn(C3CCOCC3)c3ncc(F)cc23)nc2c(C(N)=O)cnn12. The van der Waals surface area contributed by atoms with Gasteiger partial charge in [-0.05, 0) is 24.5 Å². The van der Waals surface area contributed by atoms with Gasteiger partial charge in [-0.1, -0.05) is 30.3 Å². The minimum atomic E-state index is -0.617. The fourth-order valence-corrected chi connectivity index (χ4v) is 5.02. The number of fused-ring (bicyclic) bond motifs is 2. The van der Waals surface area contributed by atoms with Gasteiger partial charge in [0.25, 0.3) is 5.91 Å². The van der Waals surface area contributed by atoms with Gasteiger partial charge in [0.15, 0.2) is 5.65 Å². The molecule has 0 bridgehead atoms. The third kappa shape index (κ3) is 4.19. The first-order valence-corrected chi connectivity index (χ1v) is 12.2. The number of aromatic nitrogens is 5. The van der Waals surface area contributed by atoms with E-state index in [4.69, 9.17) is 15.5 Å². The van der Waals surface area contributed by atoms with Gasteiger partial charge in [-0.25, -0.2) is 14.4 Å². The van der Waals surface area contributed by atoms with Crippen molar-refractivity contribution in [3.8, 4) is 11.3 Å². The van der Waals surface area contributed by atoms with Crippen LogP contribution in [0.4, 0.5) is 10.2 Å². The number of halogens is 1. The zero-order valence-electron chi connectivity index (χ0n) is 20.3. The summed E-state index contributed by atoms with van der Waals surface area (Å²) in [4.78, 5) is 23.5. The number of ether oxygens (including phenoxy) is 1. The van der Waals surface area contributed by atoms with E-state index in [0.717, 1.165) is 24.0 Å². The second-order valence-corrected chi connectivity index (χ2v) is 9.32. The molecule has 0 atom stereocenters. The van der Waals surface area contributed by atoms with Crippen LogP contribution in [0.25, 0.3) is 27.9 Å². The van der Waals surface area contributed by atoms with Crippen LogP contribution in [0.5, 0.6) is 0 Å². The summed E-state index contributed by atoms with van der Waals surface area (Å²) in [5.41, 5.74) is 9.31. The molecule has 2 N–H and O–H groups in total. The van der Waals surface area contributed by atoms with Crippen LogP contribution in [-0.2, 0) is 11.3 Å². The Morgan fingerprint density at radius 1 is 1.16 bits per heavy atom. The maximum absolute atomic E-state index is 14.4. The third-order valence-electron chi connectivity index (χ3n) is 6.87. The highest BCUT2D eigenvalue weighted by Gasteiger charge is 2.24. The number of rotatable bonds is 6. The molecule has 0 aliphatic carbocycles. The fourth-order valence-electron chi connectivity index (χ4n) is 5.02. The fraction of sp³-hybridized carbons (Fsp3) is 0.259. The van der Waals surface area contributed by atoms with Gasteiger partial charge in [-0.3, -0.25) is 4.79 Å². The number of carbonyl (C=O) groups is 1. The molecule has 4 aromatic heterocycles. The Morgan fingerprint density at radius 3 is 2.70 bits per heavy atom. The zero-order chi connectivity index (χ0) is 25.5. The number of hydrogen-bond acceptors (Lipinski definition) is 6. The number of hydrogen-bond donors (Lipinski definition) is 1. The molecule has 10 heteroatoms. The predicted molar refractivity (Wildman–Crippen MR) is 138 cm³/mol.